The molecule has 0 saturated heterocycles. The standard InChI is InChI=1S/C9H14O/c1-3-4-5-6-9(2)7-8-10/h7H,2-6H2,1H3. The van der Waals surface area contributed by atoms with Crippen LogP contribution in [0.5, 0.6) is 0 Å². The van der Waals surface area contributed by atoms with Crippen molar-refractivity contribution in [3.05, 3.63) is 18.2 Å². The fourth-order valence-electron chi connectivity index (χ4n) is 0.758. The number of carbonyl (C=O) groups excluding carboxylic acids is 1. The van der Waals surface area contributed by atoms with E-state index in [0.29, 0.717) is 0 Å². The first-order valence-electron chi connectivity index (χ1n) is 3.70. The molecule has 0 saturated carbocycles. The van der Waals surface area contributed by atoms with Gasteiger partial charge in [0.15, 0.2) is 0 Å². The van der Waals surface area contributed by atoms with Gasteiger partial charge in [0.25, 0.3) is 0 Å². The Morgan fingerprint density at radius 1 is 1.60 bits per heavy atom. The molecule has 0 aromatic heterocycles. The van der Waals surface area contributed by atoms with E-state index in [0.717, 1.165) is 18.4 Å². The molecule has 1 heteroatoms. The van der Waals surface area contributed by atoms with Crippen LogP contribution in [-0.4, -0.2) is 5.94 Å². The van der Waals surface area contributed by atoms with Crippen LogP contribution in [0.4, 0.5) is 0 Å². The van der Waals surface area contributed by atoms with Gasteiger partial charge < -0.3 is 0 Å². The minimum atomic E-state index is 0.892. The van der Waals surface area contributed by atoms with E-state index >= 15 is 0 Å². The second kappa shape index (κ2) is 6.31. The van der Waals surface area contributed by atoms with E-state index in [9.17, 15) is 4.79 Å². The van der Waals surface area contributed by atoms with Crippen LogP contribution in [0, 0.1) is 0 Å². The molecule has 0 aromatic rings. The molecule has 10 heavy (non-hydrogen) atoms. The van der Waals surface area contributed by atoms with Gasteiger partial charge in [0.1, 0.15) is 5.94 Å². The summed E-state index contributed by atoms with van der Waals surface area (Å²) in [4.78, 5) is 9.81. The minimum Gasteiger partial charge on any atom is -0.233 e. The number of hydrogen-bond donors (Lipinski definition) is 0. The molecule has 0 spiro atoms. The molecule has 0 bridgehead atoms. The molecule has 0 unspecified atom stereocenters. The number of hydrogen-bond acceptors (Lipinski definition) is 1. The van der Waals surface area contributed by atoms with E-state index in [4.69, 9.17) is 0 Å². The summed E-state index contributed by atoms with van der Waals surface area (Å²) in [6, 6.07) is 0. The van der Waals surface area contributed by atoms with Gasteiger partial charge in [-0.1, -0.05) is 26.3 Å². The van der Waals surface area contributed by atoms with E-state index in [1.807, 2.05) is 0 Å². The van der Waals surface area contributed by atoms with Crippen LogP contribution in [0.1, 0.15) is 32.6 Å². The summed E-state index contributed by atoms with van der Waals surface area (Å²) in [6.45, 7) is 5.85. The molecule has 56 valence electrons. The van der Waals surface area contributed by atoms with Crippen molar-refractivity contribution < 1.29 is 4.79 Å². The summed E-state index contributed by atoms with van der Waals surface area (Å²) >= 11 is 0. The Morgan fingerprint density at radius 2 is 2.30 bits per heavy atom. The van der Waals surface area contributed by atoms with Crippen molar-refractivity contribution >= 4 is 5.94 Å². The fraction of sp³-hybridized carbons (Fsp3) is 0.556. The lowest BCUT2D eigenvalue weighted by molar-refractivity contribution is 0.568. The monoisotopic (exact) mass is 138 g/mol. The first kappa shape index (κ1) is 9.19. The van der Waals surface area contributed by atoms with Crippen molar-refractivity contribution in [2.75, 3.05) is 0 Å². The van der Waals surface area contributed by atoms with Gasteiger partial charge in [0.05, 0.1) is 0 Å². The van der Waals surface area contributed by atoms with Gasteiger partial charge in [-0.05, 0) is 18.4 Å². The Kier molecular flexibility index (Phi) is 5.80. The summed E-state index contributed by atoms with van der Waals surface area (Å²) in [5, 5.41) is 0. The molecule has 0 N–H and O–H groups in total. The van der Waals surface area contributed by atoms with Gasteiger partial charge in [0.2, 0.25) is 0 Å². The van der Waals surface area contributed by atoms with Crippen molar-refractivity contribution in [3.8, 4) is 0 Å². The van der Waals surface area contributed by atoms with Gasteiger partial charge in [-0.2, -0.15) is 0 Å². The smallest absolute Gasteiger partial charge is 0.124 e. The van der Waals surface area contributed by atoms with Gasteiger partial charge in [0, 0.05) is 6.08 Å². The highest BCUT2D eigenvalue weighted by atomic mass is 16.1. The average Bonchev–Trinajstić information content (AvgIpc) is 1.89. The maximum atomic E-state index is 9.81. The highest BCUT2D eigenvalue weighted by molar-refractivity contribution is 5.51. The molecular weight excluding hydrogens is 124 g/mol. The highest BCUT2D eigenvalue weighted by Gasteiger charge is 1.88. The molecule has 0 radical (unpaired) electrons. The zero-order chi connectivity index (χ0) is 7.82. The summed E-state index contributed by atoms with van der Waals surface area (Å²) in [6.07, 6.45) is 5.90. The van der Waals surface area contributed by atoms with Crippen LogP contribution in [-0.2, 0) is 4.79 Å². The van der Waals surface area contributed by atoms with E-state index in [1.165, 1.54) is 18.9 Å². The lowest BCUT2D eigenvalue weighted by Gasteiger charge is -1.95. The Hall–Kier alpha value is -0.810. The number of rotatable bonds is 5. The molecule has 0 fully saturated rings. The van der Waals surface area contributed by atoms with E-state index < -0.39 is 0 Å². The largest absolute Gasteiger partial charge is 0.233 e. The molecule has 1 nitrogen and oxygen atoms in total. The van der Waals surface area contributed by atoms with E-state index in [-0.39, 0.29) is 0 Å². The minimum absolute atomic E-state index is 0.892. The first-order valence-corrected chi connectivity index (χ1v) is 3.70. The van der Waals surface area contributed by atoms with Crippen LogP contribution in [0.3, 0.4) is 0 Å². The summed E-state index contributed by atoms with van der Waals surface area (Å²) in [5.41, 5.74) is 0.892. The molecule has 0 amide bonds. The molecule has 0 aliphatic rings. The molecule has 0 heterocycles. The van der Waals surface area contributed by atoms with Crippen LogP contribution in [0.15, 0.2) is 18.2 Å². The molecule has 0 aromatic carbocycles. The normalized spacial score (nSPS) is 8.50. The van der Waals surface area contributed by atoms with Crippen LogP contribution in [0.2, 0.25) is 0 Å². The quantitative estimate of drug-likeness (QED) is 0.324. The average molecular weight is 138 g/mol. The number of unbranched alkanes of at least 4 members (excludes halogenated alkanes) is 2. The zero-order valence-corrected chi connectivity index (χ0v) is 6.52. The van der Waals surface area contributed by atoms with Crippen molar-refractivity contribution in [2.45, 2.75) is 32.6 Å². The fourth-order valence-corrected chi connectivity index (χ4v) is 0.758. The Balaban J connectivity index is 3.31. The van der Waals surface area contributed by atoms with Crippen LogP contribution in [0.25, 0.3) is 0 Å². The van der Waals surface area contributed by atoms with Crippen molar-refractivity contribution in [2.24, 2.45) is 0 Å². The predicted octanol–water partition coefficient (Wildman–Crippen LogP) is 2.51. The Bertz CT molecular complexity index is 141. The third-order valence-corrected chi connectivity index (χ3v) is 1.36. The topological polar surface area (TPSA) is 17.1 Å². The summed E-state index contributed by atoms with van der Waals surface area (Å²) in [7, 11) is 0. The van der Waals surface area contributed by atoms with Crippen LogP contribution < -0.4 is 0 Å². The maximum Gasteiger partial charge on any atom is 0.124 e. The molecular formula is C9H14O. The number of allylic oxidation sites excluding steroid dienone is 2. The summed E-state index contributed by atoms with van der Waals surface area (Å²) < 4.78 is 0. The molecule has 0 aliphatic heterocycles. The van der Waals surface area contributed by atoms with Gasteiger partial charge in [-0.3, -0.25) is 0 Å². The second-order valence-corrected chi connectivity index (χ2v) is 2.38. The SMILES string of the molecule is C=C(C=C=O)CCCCC. The molecule has 0 aliphatic carbocycles. The third kappa shape index (κ3) is 5.33. The second-order valence-electron chi connectivity index (χ2n) is 2.38. The predicted molar refractivity (Wildman–Crippen MR) is 43.5 cm³/mol. The summed E-state index contributed by atoms with van der Waals surface area (Å²) in [5.74, 6) is 1.72. The van der Waals surface area contributed by atoms with Crippen molar-refractivity contribution in [1.82, 2.24) is 0 Å². The van der Waals surface area contributed by atoms with Crippen molar-refractivity contribution in [3.63, 3.8) is 0 Å². The van der Waals surface area contributed by atoms with Crippen LogP contribution >= 0.6 is 0 Å². The van der Waals surface area contributed by atoms with E-state index in [1.54, 1.807) is 5.94 Å². The third-order valence-electron chi connectivity index (χ3n) is 1.36. The lowest BCUT2D eigenvalue weighted by atomic mass is 10.1. The highest BCUT2D eigenvalue weighted by Crippen LogP contribution is 2.06. The van der Waals surface area contributed by atoms with Gasteiger partial charge in [-0.25, -0.2) is 4.79 Å². The Labute approximate surface area is 62.4 Å². The maximum absolute atomic E-state index is 9.81. The molecule has 0 rings (SSSR count). The van der Waals surface area contributed by atoms with Crippen molar-refractivity contribution in [1.29, 1.82) is 0 Å². The van der Waals surface area contributed by atoms with Gasteiger partial charge in [-0.15, -0.1) is 0 Å². The lowest BCUT2D eigenvalue weighted by Crippen LogP contribution is -1.77. The van der Waals surface area contributed by atoms with E-state index in [2.05, 4.69) is 13.5 Å². The molecule has 0 atom stereocenters. The first-order chi connectivity index (χ1) is 4.81. The van der Waals surface area contributed by atoms with Gasteiger partial charge >= 0.3 is 0 Å². The Morgan fingerprint density at radius 3 is 2.80 bits per heavy atom. The zero-order valence-electron chi connectivity index (χ0n) is 6.52.